The predicted molar refractivity (Wildman–Crippen MR) is 96.5 cm³/mol. The van der Waals surface area contributed by atoms with Crippen LogP contribution in [0.4, 0.5) is 0 Å². The summed E-state index contributed by atoms with van der Waals surface area (Å²) in [5.74, 6) is 2.64. The fourth-order valence-electron chi connectivity index (χ4n) is 4.50. The Kier molecular flexibility index (Phi) is 5.71. The van der Waals surface area contributed by atoms with Gasteiger partial charge in [0.05, 0.1) is 27.8 Å². The number of methoxy groups -OCH3 is 3. The molecule has 1 aromatic rings. The van der Waals surface area contributed by atoms with E-state index in [1.807, 2.05) is 12.1 Å². The van der Waals surface area contributed by atoms with Crippen LogP contribution < -0.4 is 14.2 Å². The number of piperidine rings is 1. The first-order valence-corrected chi connectivity index (χ1v) is 9.27. The third-order valence-corrected chi connectivity index (χ3v) is 5.69. The van der Waals surface area contributed by atoms with Crippen molar-refractivity contribution in [3.63, 3.8) is 0 Å². The molecule has 25 heavy (non-hydrogen) atoms. The van der Waals surface area contributed by atoms with E-state index in [-0.39, 0.29) is 5.91 Å². The molecule has 2 aliphatic rings. The first-order valence-electron chi connectivity index (χ1n) is 9.27. The van der Waals surface area contributed by atoms with E-state index in [1.54, 1.807) is 21.3 Å². The monoisotopic (exact) mass is 347 g/mol. The highest BCUT2D eigenvalue weighted by Crippen LogP contribution is 2.41. The second kappa shape index (κ2) is 7.98. The number of carbonyl (C=O) groups is 1. The quantitative estimate of drug-likeness (QED) is 0.819. The van der Waals surface area contributed by atoms with Crippen molar-refractivity contribution in [3.05, 3.63) is 17.7 Å². The highest BCUT2D eigenvalue weighted by Gasteiger charge is 2.35. The lowest BCUT2D eigenvalue weighted by Gasteiger charge is -2.44. The second-order valence-corrected chi connectivity index (χ2v) is 7.01. The standard InChI is InChI=1S/C20H29NO4/c1-23-17-11-10-15(19(24-2)20(17)25-3)13-18(22)21-12-6-8-14-7-4-5-9-16(14)21/h10-11,14,16H,4-9,12-13H2,1-3H3. The number of fused-ring (bicyclic) bond motifs is 1. The fourth-order valence-corrected chi connectivity index (χ4v) is 4.50. The van der Waals surface area contributed by atoms with Crippen molar-refractivity contribution in [3.8, 4) is 17.2 Å². The number of hydrogen-bond acceptors (Lipinski definition) is 4. The zero-order chi connectivity index (χ0) is 17.8. The molecule has 2 atom stereocenters. The van der Waals surface area contributed by atoms with E-state index in [0.717, 1.165) is 24.9 Å². The number of ether oxygens (including phenoxy) is 3. The number of carbonyl (C=O) groups excluding carboxylic acids is 1. The molecular formula is C20H29NO4. The minimum absolute atomic E-state index is 0.196. The summed E-state index contributed by atoms with van der Waals surface area (Å²) in [5, 5.41) is 0. The molecule has 0 bridgehead atoms. The first-order chi connectivity index (χ1) is 12.2. The van der Waals surface area contributed by atoms with Crippen LogP contribution >= 0.6 is 0 Å². The number of likely N-dealkylation sites (tertiary alicyclic amines) is 1. The van der Waals surface area contributed by atoms with Crippen LogP contribution in [0.5, 0.6) is 17.2 Å². The Labute approximate surface area is 150 Å². The van der Waals surface area contributed by atoms with Gasteiger partial charge in [-0.25, -0.2) is 0 Å². The normalized spacial score (nSPS) is 22.9. The summed E-state index contributed by atoms with van der Waals surface area (Å²) in [6, 6.07) is 4.17. The molecule has 1 aromatic carbocycles. The van der Waals surface area contributed by atoms with Crippen LogP contribution in [0.25, 0.3) is 0 Å². The summed E-state index contributed by atoms with van der Waals surface area (Å²) < 4.78 is 16.3. The topological polar surface area (TPSA) is 48.0 Å². The molecule has 1 amide bonds. The molecule has 1 heterocycles. The largest absolute Gasteiger partial charge is 0.493 e. The Morgan fingerprint density at radius 2 is 1.72 bits per heavy atom. The van der Waals surface area contributed by atoms with Crippen LogP contribution in [0.1, 0.15) is 44.1 Å². The number of amides is 1. The molecule has 0 radical (unpaired) electrons. The van der Waals surface area contributed by atoms with Crippen molar-refractivity contribution in [1.29, 1.82) is 0 Å². The van der Waals surface area contributed by atoms with Crippen molar-refractivity contribution in [1.82, 2.24) is 4.90 Å². The summed E-state index contributed by atoms with van der Waals surface area (Å²) in [6.45, 7) is 0.885. The molecule has 1 aliphatic heterocycles. The van der Waals surface area contributed by atoms with Gasteiger partial charge in [0.25, 0.3) is 0 Å². The lowest BCUT2D eigenvalue weighted by atomic mass is 9.78. The summed E-state index contributed by atoms with van der Waals surface area (Å²) in [4.78, 5) is 15.2. The van der Waals surface area contributed by atoms with Crippen LogP contribution in [-0.4, -0.2) is 44.7 Å². The third-order valence-electron chi connectivity index (χ3n) is 5.69. The van der Waals surface area contributed by atoms with Gasteiger partial charge >= 0.3 is 0 Å². The van der Waals surface area contributed by atoms with Crippen molar-refractivity contribution >= 4 is 5.91 Å². The highest BCUT2D eigenvalue weighted by atomic mass is 16.5. The van der Waals surface area contributed by atoms with Gasteiger partial charge in [-0.2, -0.15) is 0 Å². The van der Waals surface area contributed by atoms with Crippen molar-refractivity contribution in [2.75, 3.05) is 27.9 Å². The molecule has 5 heteroatoms. The average Bonchev–Trinajstić information content (AvgIpc) is 2.66. The smallest absolute Gasteiger partial charge is 0.227 e. The summed E-state index contributed by atoms with van der Waals surface area (Å²) >= 11 is 0. The van der Waals surface area contributed by atoms with E-state index in [2.05, 4.69) is 4.90 Å². The van der Waals surface area contributed by atoms with Crippen LogP contribution in [0.2, 0.25) is 0 Å². The maximum absolute atomic E-state index is 13.0. The lowest BCUT2D eigenvalue weighted by Crippen LogP contribution is -2.50. The minimum atomic E-state index is 0.196. The SMILES string of the molecule is COc1ccc(CC(=O)N2CCCC3CCCCC32)c(OC)c1OC. The van der Waals surface area contributed by atoms with Gasteiger partial charge in [-0.1, -0.05) is 18.9 Å². The van der Waals surface area contributed by atoms with E-state index in [4.69, 9.17) is 14.2 Å². The maximum atomic E-state index is 13.0. The number of hydrogen-bond donors (Lipinski definition) is 0. The summed E-state index contributed by atoms with van der Waals surface area (Å²) in [5.41, 5.74) is 0.850. The van der Waals surface area contributed by atoms with E-state index in [1.165, 1.54) is 25.7 Å². The van der Waals surface area contributed by atoms with Gasteiger partial charge in [-0.3, -0.25) is 4.79 Å². The van der Waals surface area contributed by atoms with Crippen LogP contribution in [-0.2, 0) is 11.2 Å². The zero-order valence-corrected chi connectivity index (χ0v) is 15.5. The maximum Gasteiger partial charge on any atom is 0.227 e. The molecule has 1 saturated carbocycles. The molecule has 3 rings (SSSR count). The van der Waals surface area contributed by atoms with Gasteiger partial charge in [-0.05, 0) is 37.7 Å². The van der Waals surface area contributed by atoms with Gasteiger partial charge in [0, 0.05) is 18.2 Å². The Bertz CT molecular complexity index is 614. The van der Waals surface area contributed by atoms with Gasteiger partial charge in [0.1, 0.15) is 0 Å². The molecule has 1 saturated heterocycles. The predicted octanol–water partition coefficient (Wildman–Crippen LogP) is 3.44. The van der Waals surface area contributed by atoms with Crippen molar-refractivity contribution in [2.24, 2.45) is 5.92 Å². The lowest BCUT2D eigenvalue weighted by molar-refractivity contribution is -0.136. The summed E-state index contributed by atoms with van der Waals surface area (Å²) in [7, 11) is 4.78. The summed E-state index contributed by atoms with van der Waals surface area (Å²) in [6.07, 6.45) is 7.71. The molecule has 2 unspecified atom stereocenters. The molecule has 1 aliphatic carbocycles. The van der Waals surface area contributed by atoms with Crippen LogP contribution in [0.3, 0.4) is 0 Å². The van der Waals surface area contributed by atoms with Gasteiger partial charge in [0.15, 0.2) is 11.5 Å². The molecule has 138 valence electrons. The van der Waals surface area contributed by atoms with Gasteiger partial charge in [-0.15, -0.1) is 0 Å². The Balaban J connectivity index is 1.80. The molecule has 2 fully saturated rings. The molecule has 0 spiro atoms. The van der Waals surface area contributed by atoms with Crippen LogP contribution in [0, 0.1) is 5.92 Å². The van der Waals surface area contributed by atoms with E-state index < -0.39 is 0 Å². The van der Waals surface area contributed by atoms with Crippen LogP contribution in [0.15, 0.2) is 12.1 Å². The highest BCUT2D eigenvalue weighted by molar-refractivity contribution is 5.80. The minimum Gasteiger partial charge on any atom is -0.493 e. The van der Waals surface area contributed by atoms with Crippen molar-refractivity contribution < 1.29 is 19.0 Å². The Morgan fingerprint density at radius 3 is 2.44 bits per heavy atom. The number of rotatable bonds is 5. The molecule has 0 aromatic heterocycles. The van der Waals surface area contributed by atoms with E-state index in [9.17, 15) is 4.79 Å². The molecular weight excluding hydrogens is 318 g/mol. The van der Waals surface area contributed by atoms with E-state index >= 15 is 0 Å². The molecule has 5 nitrogen and oxygen atoms in total. The Hall–Kier alpha value is -1.91. The Morgan fingerprint density at radius 1 is 1.00 bits per heavy atom. The number of benzene rings is 1. The second-order valence-electron chi connectivity index (χ2n) is 7.01. The molecule has 0 N–H and O–H groups in total. The van der Waals surface area contributed by atoms with Crippen molar-refractivity contribution in [2.45, 2.75) is 51.0 Å². The average molecular weight is 347 g/mol. The number of nitrogens with zero attached hydrogens (tertiary/aromatic N) is 1. The zero-order valence-electron chi connectivity index (χ0n) is 15.5. The first kappa shape index (κ1) is 17.9. The van der Waals surface area contributed by atoms with Gasteiger partial charge in [0.2, 0.25) is 11.7 Å². The fraction of sp³-hybridized carbons (Fsp3) is 0.650. The van der Waals surface area contributed by atoms with Gasteiger partial charge < -0.3 is 19.1 Å². The third kappa shape index (κ3) is 3.55. The van der Waals surface area contributed by atoms with E-state index in [0.29, 0.717) is 35.6 Å².